The molecule has 0 aliphatic rings. The fourth-order valence-corrected chi connectivity index (χ4v) is 3.10. The number of amides is 1. The number of hydrogen-bond donors (Lipinski definition) is 3. The van der Waals surface area contributed by atoms with E-state index in [4.69, 9.17) is 5.21 Å². The predicted octanol–water partition coefficient (Wildman–Crippen LogP) is 4.95. The molecule has 0 radical (unpaired) electrons. The Hall–Kier alpha value is -3.32. The Balaban J connectivity index is 1.81. The van der Waals surface area contributed by atoms with Crippen LogP contribution in [0.2, 0.25) is 0 Å². The Bertz CT molecular complexity index is 975. The number of hydroxylamine groups is 1. The molecule has 150 valence electrons. The van der Waals surface area contributed by atoms with Crippen LogP contribution in [0.4, 0.5) is 18.9 Å². The fourth-order valence-electron chi connectivity index (χ4n) is 3.10. The van der Waals surface area contributed by atoms with Crippen LogP contribution in [0, 0.1) is 0 Å². The molecule has 0 saturated carbocycles. The smallest absolute Gasteiger partial charge is 0.381 e. The van der Waals surface area contributed by atoms with Crippen molar-refractivity contribution in [3.63, 3.8) is 0 Å². The number of alkyl halides is 3. The standard InChI is InChI=1S/C22H19F3N2O2/c23-22(24,25)18-10-4-6-15(12-18)14-26-19-11-5-9-17(13-19)20(21(28)27-29)16-7-2-1-3-8-16/h1-13,20,26,29H,14H2,(H,27,28). The number of nitrogens with one attached hydrogen (secondary N) is 2. The van der Waals surface area contributed by atoms with Gasteiger partial charge in [0.1, 0.15) is 0 Å². The maximum Gasteiger partial charge on any atom is 0.416 e. The summed E-state index contributed by atoms with van der Waals surface area (Å²) in [5.41, 5.74) is 3.46. The number of anilines is 1. The van der Waals surface area contributed by atoms with Gasteiger partial charge in [0.2, 0.25) is 0 Å². The van der Waals surface area contributed by atoms with Gasteiger partial charge in [-0.15, -0.1) is 0 Å². The second-order valence-corrected chi connectivity index (χ2v) is 6.50. The first-order valence-corrected chi connectivity index (χ1v) is 8.87. The maximum absolute atomic E-state index is 12.9. The molecular weight excluding hydrogens is 381 g/mol. The van der Waals surface area contributed by atoms with Crippen molar-refractivity contribution in [1.29, 1.82) is 0 Å². The summed E-state index contributed by atoms with van der Waals surface area (Å²) < 4.78 is 38.6. The van der Waals surface area contributed by atoms with Crippen molar-refractivity contribution in [3.8, 4) is 0 Å². The van der Waals surface area contributed by atoms with E-state index >= 15 is 0 Å². The second kappa shape index (κ2) is 8.79. The van der Waals surface area contributed by atoms with Gasteiger partial charge in [-0.25, -0.2) is 5.48 Å². The first-order valence-electron chi connectivity index (χ1n) is 8.87. The molecule has 3 aromatic rings. The zero-order valence-electron chi connectivity index (χ0n) is 15.3. The van der Waals surface area contributed by atoms with Crippen molar-refractivity contribution in [2.45, 2.75) is 18.6 Å². The van der Waals surface area contributed by atoms with Crippen molar-refractivity contribution in [3.05, 3.63) is 101 Å². The highest BCUT2D eigenvalue weighted by molar-refractivity contribution is 5.86. The predicted molar refractivity (Wildman–Crippen MR) is 103 cm³/mol. The minimum Gasteiger partial charge on any atom is -0.381 e. The summed E-state index contributed by atoms with van der Waals surface area (Å²) in [7, 11) is 0. The average molecular weight is 400 g/mol. The van der Waals surface area contributed by atoms with Crippen LogP contribution in [0.5, 0.6) is 0 Å². The Morgan fingerprint density at radius 3 is 2.28 bits per heavy atom. The van der Waals surface area contributed by atoms with Gasteiger partial charge in [-0.2, -0.15) is 13.2 Å². The molecule has 0 saturated heterocycles. The Kier molecular flexibility index (Phi) is 6.19. The molecule has 7 heteroatoms. The lowest BCUT2D eigenvalue weighted by Gasteiger charge is -2.17. The lowest BCUT2D eigenvalue weighted by Crippen LogP contribution is -2.27. The fraction of sp³-hybridized carbons (Fsp3) is 0.136. The van der Waals surface area contributed by atoms with Gasteiger partial charge in [0.25, 0.3) is 5.91 Å². The molecule has 3 aromatic carbocycles. The van der Waals surface area contributed by atoms with Gasteiger partial charge < -0.3 is 5.32 Å². The third kappa shape index (κ3) is 5.14. The third-order valence-electron chi connectivity index (χ3n) is 4.48. The molecule has 3 rings (SSSR count). The monoisotopic (exact) mass is 400 g/mol. The van der Waals surface area contributed by atoms with Gasteiger partial charge in [-0.3, -0.25) is 10.0 Å². The zero-order valence-corrected chi connectivity index (χ0v) is 15.3. The summed E-state index contributed by atoms with van der Waals surface area (Å²) in [6.07, 6.45) is -4.39. The second-order valence-electron chi connectivity index (χ2n) is 6.50. The minimum absolute atomic E-state index is 0.190. The zero-order chi connectivity index (χ0) is 20.9. The number of hydrogen-bond acceptors (Lipinski definition) is 3. The van der Waals surface area contributed by atoms with E-state index in [1.54, 1.807) is 60.1 Å². The summed E-state index contributed by atoms with van der Waals surface area (Å²) in [6, 6.07) is 21.1. The Morgan fingerprint density at radius 1 is 0.897 bits per heavy atom. The molecule has 3 N–H and O–H groups in total. The van der Waals surface area contributed by atoms with Gasteiger partial charge in [0.15, 0.2) is 0 Å². The van der Waals surface area contributed by atoms with Crippen LogP contribution in [0.3, 0.4) is 0 Å². The van der Waals surface area contributed by atoms with Crippen molar-refractivity contribution in [2.24, 2.45) is 0 Å². The first-order chi connectivity index (χ1) is 13.9. The van der Waals surface area contributed by atoms with Gasteiger partial charge in [0, 0.05) is 12.2 Å². The molecule has 0 heterocycles. The van der Waals surface area contributed by atoms with E-state index in [9.17, 15) is 18.0 Å². The van der Waals surface area contributed by atoms with Gasteiger partial charge in [0.05, 0.1) is 11.5 Å². The quantitative estimate of drug-likeness (QED) is 0.405. The van der Waals surface area contributed by atoms with E-state index < -0.39 is 23.6 Å². The van der Waals surface area contributed by atoms with Crippen molar-refractivity contribution in [1.82, 2.24) is 5.48 Å². The van der Waals surface area contributed by atoms with Crippen LogP contribution >= 0.6 is 0 Å². The van der Waals surface area contributed by atoms with Gasteiger partial charge >= 0.3 is 6.18 Å². The normalized spacial score (nSPS) is 12.3. The molecule has 4 nitrogen and oxygen atoms in total. The number of carbonyl (C=O) groups excluding carboxylic acids is 1. The van der Waals surface area contributed by atoms with Crippen molar-refractivity contribution >= 4 is 11.6 Å². The number of carbonyl (C=O) groups is 1. The number of halogens is 3. The number of rotatable bonds is 6. The van der Waals surface area contributed by atoms with Crippen LogP contribution in [-0.4, -0.2) is 11.1 Å². The highest BCUT2D eigenvalue weighted by Crippen LogP contribution is 2.30. The molecule has 0 aliphatic carbocycles. The molecule has 0 fully saturated rings. The highest BCUT2D eigenvalue weighted by Gasteiger charge is 2.30. The van der Waals surface area contributed by atoms with Crippen LogP contribution in [0.15, 0.2) is 78.9 Å². The molecule has 29 heavy (non-hydrogen) atoms. The first kappa shape index (κ1) is 20.4. The Labute approximate surface area is 166 Å². The molecule has 0 bridgehead atoms. The largest absolute Gasteiger partial charge is 0.416 e. The van der Waals surface area contributed by atoms with Crippen molar-refractivity contribution < 1.29 is 23.2 Å². The summed E-state index contributed by atoms with van der Waals surface area (Å²) in [5.74, 6) is -1.30. The summed E-state index contributed by atoms with van der Waals surface area (Å²) in [4.78, 5) is 12.2. The minimum atomic E-state index is -4.39. The lowest BCUT2D eigenvalue weighted by atomic mass is 9.90. The molecule has 1 unspecified atom stereocenters. The highest BCUT2D eigenvalue weighted by atomic mass is 19.4. The molecule has 0 aliphatic heterocycles. The van der Waals surface area contributed by atoms with E-state index in [2.05, 4.69) is 5.32 Å². The van der Waals surface area contributed by atoms with Gasteiger partial charge in [-0.05, 0) is 41.0 Å². The Morgan fingerprint density at radius 2 is 1.59 bits per heavy atom. The molecule has 0 spiro atoms. The van der Waals surface area contributed by atoms with E-state index in [0.717, 1.165) is 12.1 Å². The van der Waals surface area contributed by atoms with E-state index in [1.807, 2.05) is 6.07 Å². The lowest BCUT2D eigenvalue weighted by molar-refractivity contribution is -0.137. The summed E-state index contributed by atoms with van der Waals surface area (Å²) in [5, 5.41) is 12.2. The van der Waals surface area contributed by atoms with E-state index in [-0.39, 0.29) is 6.54 Å². The van der Waals surface area contributed by atoms with Crippen molar-refractivity contribution in [2.75, 3.05) is 5.32 Å². The topological polar surface area (TPSA) is 61.4 Å². The van der Waals surface area contributed by atoms with Crippen LogP contribution in [-0.2, 0) is 17.5 Å². The molecular formula is C22H19F3N2O2. The maximum atomic E-state index is 12.9. The average Bonchev–Trinajstić information content (AvgIpc) is 2.73. The summed E-state index contributed by atoms with van der Waals surface area (Å²) in [6.45, 7) is 0.190. The molecule has 0 aromatic heterocycles. The molecule has 1 amide bonds. The molecule has 1 atom stereocenters. The number of benzene rings is 3. The summed E-state index contributed by atoms with van der Waals surface area (Å²) >= 11 is 0. The van der Waals surface area contributed by atoms with Crippen LogP contribution < -0.4 is 10.8 Å². The van der Waals surface area contributed by atoms with Crippen LogP contribution in [0.1, 0.15) is 28.2 Å². The SMILES string of the molecule is O=C(NO)C(c1ccccc1)c1cccc(NCc2cccc(C(F)(F)F)c2)c1. The van der Waals surface area contributed by atoms with Gasteiger partial charge in [-0.1, -0.05) is 54.6 Å². The van der Waals surface area contributed by atoms with E-state index in [1.165, 1.54) is 6.07 Å². The van der Waals surface area contributed by atoms with E-state index in [0.29, 0.717) is 22.4 Å². The van der Waals surface area contributed by atoms with Crippen LogP contribution in [0.25, 0.3) is 0 Å². The third-order valence-corrected chi connectivity index (χ3v) is 4.48.